The molecule has 0 aliphatic carbocycles. The molecule has 1 N–H and O–H groups in total. The number of benzene rings is 1. The molecular formula is C15H13N5. The van der Waals surface area contributed by atoms with Crippen LogP contribution < -0.4 is 5.32 Å². The molecule has 98 valence electrons. The maximum atomic E-state index is 9.21. The fraction of sp³-hybridized carbons (Fsp3) is 0.133. The average Bonchev–Trinajstić information content (AvgIpc) is 3.00. The Balaban J connectivity index is 1.87. The van der Waals surface area contributed by atoms with Crippen LogP contribution in [0.3, 0.4) is 0 Å². The molecule has 0 saturated carbocycles. The highest BCUT2D eigenvalue weighted by Crippen LogP contribution is 2.24. The van der Waals surface area contributed by atoms with Gasteiger partial charge in [0.15, 0.2) is 0 Å². The van der Waals surface area contributed by atoms with Crippen molar-refractivity contribution in [3.05, 3.63) is 54.5 Å². The predicted molar refractivity (Wildman–Crippen MR) is 77.2 cm³/mol. The Labute approximate surface area is 116 Å². The van der Waals surface area contributed by atoms with Gasteiger partial charge in [0, 0.05) is 30.5 Å². The molecule has 3 rings (SSSR count). The number of nitrogens with zero attached hydrogens (tertiary/aromatic N) is 4. The number of hydrogen-bond acceptors (Lipinski definition) is 4. The van der Waals surface area contributed by atoms with E-state index in [-0.39, 0.29) is 0 Å². The molecule has 0 fully saturated rings. The number of anilines is 1. The number of nitriles is 1. The van der Waals surface area contributed by atoms with Crippen LogP contribution in [0.5, 0.6) is 0 Å². The Bertz CT molecular complexity index is 756. The second-order valence-corrected chi connectivity index (χ2v) is 4.37. The third-order valence-electron chi connectivity index (χ3n) is 3.10. The number of para-hydroxylation sites is 1. The lowest BCUT2D eigenvalue weighted by molar-refractivity contribution is 0.638. The van der Waals surface area contributed by atoms with Gasteiger partial charge in [-0.15, -0.1) is 0 Å². The first-order valence-electron chi connectivity index (χ1n) is 6.37. The number of nitrogens with one attached hydrogen (secondary N) is 1. The molecule has 20 heavy (non-hydrogen) atoms. The van der Waals surface area contributed by atoms with Crippen molar-refractivity contribution in [1.82, 2.24) is 14.8 Å². The molecule has 0 radical (unpaired) electrons. The van der Waals surface area contributed by atoms with Crippen molar-refractivity contribution < 1.29 is 0 Å². The molecule has 0 spiro atoms. The van der Waals surface area contributed by atoms with Crippen LogP contribution in [0.2, 0.25) is 0 Å². The standard InChI is InChI=1S/C15H13N5/c16-10-12-11-18-14-5-2-1-4-13(14)15(12)17-7-9-20-8-3-6-19-20/h1-6,8,11H,7,9H2,(H,17,18). The zero-order valence-corrected chi connectivity index (χ0v) is 10.8. The molecule has 5 nitrogen and oxygen atoms in total. The van der Waals surface area contributed by atoms with Gasteiger partial charge < -0.3 is 5.32 Å². The van der Waals surface area contributed by atoms with Gasteiger partial charge in [-0.3, -0.25) is 9.67 Å². The van der Waals surface area contributed by atoms with Gasteiger partial charge in [0.1, 0.15) is 6.07 Å². The van der Waals surface area contributed by atoms with Crippen molar-refractivity contribution in [3.8, 4) is 6.07 Å². The molecule has 0 aliphatic rings. The minimum Gasteiger partial charge on any atom is -0.382 e. The van der Waals surface area contributed by atoms with Crippen molar-refractivity contribution in [2.45, 2.75) is 6.54 Å². The summed E-state index contributed by atoms with van der Waals surface area (Å²) in [5, 5.41) is 17.7. The van der Waals surface area contributed by atoms with Crippen molar-refractivity contribution in [1.29, 1.82) is 5.26 Å². The molecule has 0 aliphatic heterocycles. The fourth-order valence-electron chi connectivity index (χ4n) is 2.14. The van der Waals surface area contributed by atoms with Gasteiger partial charge >= 0.3 is 0 Å². The minimum atomic E-state index is 0.559. The van der Waals surface area contributed by atoms with E-state index in [1.165, 1.54) is 0 Å². The number of pyridine rings is 1. The Morgan fingerprint density at radius 1 is 1.25 bits per heavy atom. The van der Waals surface area contributed by atoms with E-state index in [0.29, 0.717) is 12.1 Å². The summed E-state index contributed by atoms with van der Waals surface area (Å²) in [5.41, 5.74) is 2.28. The van der Waals surface area contributed by atoms with E-state index in [4.69, 9.17) is 0 Å². The van der Waals surface area contributed by atoms with Crippen LogP contribution in [0.25, 0.3) is 10.9 Å². The van der Waals surface area contributed by atoms with Crippen molar-refractivity contribution >= 4 is 16.6 Å². The highest BCUT2D eigenvalue weighted by atomic mass is 15.3. The highest BCUT2D eigenvalue weighted by molar-refractivity contribution is 5.93. The van der Waals surface area contributed by atoms with Crippen LogP contribution in [0, 0.1) is 11.3 Å². The van der Waals surface area contributed by atoms with E-state index in [9.17, 15) is 5.26 Å². The van der Waals surface area contributed by atoms with E-state index >= 15 is 0 Å². The Morgan fingerprint density at radius 3 is 2.95 bits per heavy atom. The Kier molecular flexibility index (Phi) is 3.29. The van der Waals surface area contributed by atoms with Crippen LogP contribution in [0.1, 0.15) is 5.56 Å². The molecule has 1 aromatic carbocycles. The summed E-state index contributed by atoms with van der Waals surface area (Å²) >= 11 is 0. The third-order valence-corrected chi connectivity index (χ3v) is 3.10. The summed E-state index contributed by atoms with van der Waals surface area (Å²) in [4.78, 5) is 4.29. The van der Waals surface area contributed by atoms with E-state index < -0.39 is 0 Å². The minimum absolute atomic E-state index is 0.559. The first-order chi connectivity index (χ1) is 9.88. The predicted octanol–water partition coefficient (Wildman–Crippen LogP) is 2.42. The number of aromatic nitrogens is 3. The molecule has 2 heterocycles. The summed E-state index contributed by atoms with van der Waals surface area (Å²) in [7, 11) is 0. The molecule has 0 bridgehead atoms. The van der Waals surface area contributed by atoms with Crippen molar-refractivity contribution in [2.24, 2.45) is 0 Å². The van der Waals surface area contributed by atoms with Crippen molar-refractivity contribution in [2.75, 3.05) is 11.9 Å². The SMILES string of the molecule is N#Cc1cnc2ccccc2c1NCCn1cccn1. The lowest BCUT2D eigenvalue weighted by Crippen LogP contribution is -2.12. The topological polar surface area (TPSA) is 66.5 Å². The molecule has 0 unspecified atom stereocenters. The lowest BCUT2D eigenvalue weighted by atomic mass is 10.1. The maximum absolute atomic E-state index is 9.21. The van der Waals surface area contributed by atoms with Gasteiger partial charge in [-0.25, -0.2) is 0 Å². The van der Waals surface area contributed by atoms with E-state index in [1.54, 1.807) is 12.4 Å². The highest BCUT2D eigenvalue weighted by Gasteiger charge is 2.07. The van der Waals surface area contributed by atoms with Crippen LogP contribution in [-0.2, 0) is 6.54 Å². The molecule has 3 aromatic rings. The maximum Gasteiger partial charge on any atom is 0.103 e. The lowest BCUT2D eigenvalue weighted by Gasteiger charge is -2.11. The van der Waals surface area contributed by atoms with E-state index in [2.05, 4.69) is 21.5 Å². The molecule has 0 amide bonds. The summed E-state index contributed by atoms with van der Waals surface area (Å²) < 4.78 is 1.85. The third kappa shape index (κ3) is 2.31. The summed E-state index contributed by atoms with van der Waals surface area (Å²) in [6.45, 7) is 1.44. The quantitative estimate of drug-likeness (QED) is 0.785. The normalized spacial score (nSPS) is 10.3. The van der Waals surface area contributed by atoms with Crippen LogP contribution in [0.4, 0.5) is 5.69 Å². The van der Waals surface area contributed by atoms with Gasteiger partial charge in [0.05, 0.1) is 23.3 Å². The molecule has 2 aromatic heterocycles. The summed E-state index contributed by atoms with van der Waals surface area (Å²) in [6.07, 6.45) is 5.28. The summed E-state index contributed by atoms with van der Waals surface area (Å²) in [5.74, 6) is 0. The fourth-order valence-corrected chi connectivity index (χ4v) is 2.14. The van der Waals surface area contributed by atoms with Gasteiger partial charge in [0.25, 0.3) is 0 Å². The van der Waals surface area contributed by atoms with E-state index in [0.717, 1.165) is 23.1 Å². The first kappa shape index (κ1) is 12.2. The van der Waals surface area contributed by atoms with Gasteiger partial charge in [-0.1, -0.05) is 18.2 Å². The zero-order chi connectivity index (χ0) is 13.8. The monoisotopic (exact) mass is 263 g/mol. The zero-order valence-electron chi connectivity index (χ0n) is 10.8. The number of rotatable bonds is 4. The number of fused-ring (bicyclic) bond motifs is 1. The second-order valence-electron chi connectivity index (χ2n) is 4.37. The van der Waals surface area contributed by atoms with Gasteiger partial charge in [0.2, 0.25) is 0 Å². The van der Waals surface area contributed by atoms with Gasteiger partial charge in [-0.2, -0.15) is 10.4 Å². The average molecular weight is 263 g/mol. The molecular weight excluding hydrogens is 250 g/mol. The molecule has 0 saturated heterocycles. The van der Waals surface area contributed by atoms with Crippen LogP contribution >= 0.6 is 0 Å². The number of hydrogen-bond donors (Lipinski definition) is 1. The van der Waals surface area contributed by atoms with E-state index in [1.807, 2.05) is 41.2 Å². The Morgan fingerprint density at radius 2 is 2.15 bits per heavy atom. The van der Waals surface area contributed by atoms with Crippen LogP contribution in [-0.4, -0.2) is 21.3 Å². The van der Waals surface area contributed by atoms with Crippen LogP contribution in [0.15, 0.2) is 48.9 Å². The molecule has 5 heteroatoms. The second kappa shape index (κ2) is 5.41. The van der Waals surface area contributed by atoms with Gasteiger partial charge in [-0.05, 0) is 12.1 Å². The Hall–Kier alpha value is -2.87. The molecule has 0 atom stereocenters. The van der Waals surface area contributed by atoms with Crippen molar-refractivity contribution in [3.63, 3.8) is 0 Å². The summed E-state index contributed by atoms with van der Waals surface area (Å²) in [6, 6.07) is 11.9. The first-order valence-corrected chi connectivity index (χ1v) is 6.37. The largest absolute Gasteiger partial charge is 0.382 e. The smallest absolute Gasteiger partial charge is 0.103 e.